The van der Waals surface area contributed by atoms with Crippen LogP contribution in [0.3, 0.4) is 0 Å². The third kappa shape index (κ3) is 4.61. The van der Waals surface area contributed by atoms with E-state index in [-0.39, 0.29) is 12.4 Å². The summed E-state index contributed by atoms with van der Waals surface area (Å²) in [6, 6.07) is 3.56. The van der Waals surface area contributed by atoms with Crippen LogP contribution in [0.15, 0.2) is 12.1 Å². The molecule has 1 rings (SSSR count). The van der Waals surface area contributed by atoms with Crippen molar-refractivity contribution in [2.45, 2.75) is 19.9 Å². The highest BCUT2D eigenvalue weighted by Crippen LogP contribution is 2.36. The van der Waals surface area contributed by atoms with Crippen molar-refractivity contribution < 1.29 is 19.7 Å². The summed E-state index contributed by atoms with van der Waals surface area (Å²) in [5.74, 6) is 1.24. The van der Waals surface area contributed by atoms with E-state index >= 15 is 0 Å². The molecule has 0 aliphatic heterocycles. The molecule has 0 bridgehead atoms. The van der Waals surface area contributed by atoms with E-state index in [1.54, 1.807) is 12.1 Å². The number of hydrogen-bond donors (Lipinski definition) is 3. The van der Waals surface area contributed by atoms with Crippen LogP contribution in [0.5, 0.6) is 17.2 Å². The zero-order valence-corrected chi connectivity index (χ0v) is 11.8. The van der Waals surface area contributed by atoms with Crippen LogP contribution in [0.4, 0.5) is 0 Å². The summed E-state index contributed by atoms with van der Waals surface area (Å²) in [5, 5.41) is 21.9. The van der Waals surface area contributed by atoms with E-state index in [9.17, 15) is 5.11 Å². The van der Waals surface area contributed by atoms with Crippen molar-refractivity contribution in [3.8, 4) is 17.2 Å². The number of phenols is 1. The maximum atomic E-state index is 9.80. The van der Waals surface area contributed by atoms with Crippen molar-refractivity contribution in [2.24, 2.45) is 5.92 Å². The van der Waals surface area contributed by atoms with Crippen LogP contribution in [-0.4, -0.2) is 37.6 Å². The number of nitrogens with one attached hydrogen (secondary N) is 1. The van der Waals surface area contributed by atoms with E-state index in [0.717, 1.165) is 18.5 Å². The molecule has 1 unspecified atom stereocenters. The van der Waals surface area contributed by atoms with Gasteiger partial charge in [-0.05, 0) is 36.6 Å². The van der Waals surface area contributed by atoms with Crippen LogP contribution >= 0.6 is 0 Å². The summed E-state index contributed by atoms with van der Waals surface area (Å²) in [7, 11) is 3.02. The number of benzene rings is 1. The van der Waals surface area contributed by atoms with Crippen molar-refractivity contribution in [2.75, 3.05) is 27.4 Å². The van der Waals surface area contributed by atoms with Gasteiger partial charge in [0, 0.05) is 13.2 Å². The number of aromatic hydroxyl groups is 1. The predicted octanol–water partition coefficient (Wildman–Crippen LogP) is 1.52. The summed E-state index contributed by atoms with van der Waals surface area (Å²) < 4.78 is 10.2. The van der Waals surface area contributed by atoms with Crippen molar-refractivity contribution >= 4 is 0 Å². The van der Waals surface area contributed by atoms with E-state index in [1.165, 1.54) is 14.2 Å². The topological polar surface area (TPSA) is 71.0 Å². The first-order valence-electron chi connectivity index (χ1n) is 6.37. The number of hydrogen-bond acceptors (Lipinski definition) is 5. The number of phenolic OH excluding ortho intramolecular Hbond substituents is 1. The highest BCUT2D eigenvalue weighted by molar-refractivity contribution is 5.52. The Morgan fingerprint density at radius 2 is 1.79 bits per heavy atom. The fraction of sp³-hybridized carbons (Fsp3) is 0.571. The molecule has 5 nitrogen and oxygen atoms in total. The largest absolute Gasteiger partial charge is 0.502 e. The Kier molecular flexibility index (Phi) is 6.45. The average molecular weight is 269 g/mol. The van der Waals surface area contributed by atoms with Gasteiger partial charge in [0.2, 0.25) is 5.75 Å². The highest BCUT2D eigenvalue weighted by atomic mass is 16.5. The van der Waals surface area contributed by atoms with E-state index in [1.807, 2.05) is 0 Å². The molecule has 5 heteroatoms. The Morgan fingerprint density at radius 1 is 1.21 bits per heavy atom. The molecule has 0 amide bonds. The minimum absolute atomic E-state index is 0.0161. The molecule has 3 N–H and O–H groups in total. The van der Waals surface area contributed by atoms with Crippen molar-refractivity contribution in [1.29, 1.82) is 0 Å². The first-order chi connectivity index (χ1) is 9.12. The Morgan fingerprint density at radius 3 is 2.26 bits per heavy atom. The first kappa shape index (κ1) is 15.6. The fourth-order valence-electron chi connectivity index (χ4n) is 1.84. The second-order valence-electron chi connectivity index (χ2n) is 4.60. The van der Waals surface area contributed by atoms with Gasteiger partial charge >= 0.3 is 0 Å². The fourth-order valence-corrected chi connectivity index (χ4v) is 1.84. The number of rotatable bonds is 8. The molecule has 1 atom stereocenters. The normalized spacial score (nSPS) is 12.2. The number of ether oxygens (including phenoxy) is 2. The molecule has 1 aromatic rings. The van der Waals surface area contributed by atoms with Crippen molar-refractivity contribution in [1.82, 2.24) is 5.32 Å². The molecule has 0 saturated heterocycles. The van der Waals surface area contributed by atoms with Gasteiger partial charge in [-0.2, -0.15) is 0 Å². The average Bonchev–Trinajstić information content (AvgIpc) is 2.40. The van der Waals surface area contributed by atoms with E-state index in [2.05, 4.69) is 12.2 Å². The third-order valence-electron chi connectivity index (χ3n) is 2.98. The smallest absolute Gasteiger partial charge is 0.200 e. The minimum atomic E-state index is 0.0161. The summed E-state index contributed by atoms with van der Waals surface area (Å²) >= 11 is 0. The SMILES string of the molecule is COc1cc(CNCC(C)CCO)cc(OC)c1O. The maximum absolute atomic E-state index is 9.80. The van der Waals surface area contributed by atoms with Crippen molar-refractivity contribution in [3.05, 3.63) is 17.7 Å². The number of aliphatic hydroxyl groups excluding tert-OH is 1. The molecule has 0 aromatic heterocycles. The van der Waals surface area contributed by atoms with Crippen LogP contribution in [0.25, 0.3) is 0 Å². The van der Waals surface area contributed by atoms with Gasteiger partial charge in [0.15, 0.2) is 11.5 Å². The monoisotopic (exact) mass is 269 g/mol. The molecular weight excluding hydrogens is 246 g/mol. The molecule has 0 aliphatic rings. The summed E-state index contributed by atoms with van der Waals surface area (Å²) in [6.45, 7) is 3.78. The summed E-state index contributed by atoms with van der Waals surface area (Å²) in [5.41, 5.74) is 0.975. The lowest BCUT2D eigenvalue weighted by Crippen LogP contribution is -2.21. The molecule has 1 aromatic carbocycles. The van der Waals surface area contributed by atoms with Crippen LogP contribution in [0, 0.1) is 5.92 Å². The molecule has 0 radical (unpaired) electrons. The lowest BCUT2D eigenvalue weighted by Gasteiger charge is -2.13. The Balaban J connectivity index is 2.63. The first-order valence-corrected chi connectivity index (χ1v) is 6.37. The lowest BCUT2D eigenvalue weighted by molar-refractivity contribution is 0.260. The second kappa shape index (κ2) is 7.86. The van der Waals surface area contributed by atoms with E-state index < -0.39 is 0 Å². The highest BCUT2D eigenvalue weighted by Gasteiger charge is 2.11. The molecule has 19 heavy (non-hydrogen) atoms. The number of aliphatic hydroxyl groups is 1. The maximum Gasteiger partial charge on any atom is 0.200 e. The number of methoxy groups -OCH3 is 2. The summed E-state index contributed by atoms with van der Waals surface area (Å²) in [6.07, 6.45) is 0.787. The van der Waals surface area contributed by atoms with Gasteiger partial charge < -0.3 is 25.0 Å². The lowest BCUT2D eigenvalue weighted by atomic mass is 10.1. The molecule has 0 saturated carbocycles. The predicted molar refractivity (Wildman–Crippen MR) is 73.8 cm³/mol. The van der Waals surface area contributed by atoms with Gasteiger partial charge in [-0.15, -0.1) is 0 Å². The standard InChI is InChI=1S/C14H23NO4/c1-10(4-5-16)8-15-9-11-6-12(18-2)14(17)13(7-11)19-3/h6-7,10,15-17H,4-5,8-9H2,1-3H3. The molecular formula is C14H23NO4. The third-order valence-corrected chi connectivity index (χ3v) is 2.98. The Labute approximate surface area is 114 Å². The quantitative estimate of drug-likeness (QED) is 0.667. The zero-order chi connectivity index (χ0) is 14.3. The molecule has 0 spiro atoms. The summed E-state index contributed by atoms with van der Waals surface area (Å²) in [4.78, 5) is 0. The van der Waals surface area contributed by atoms with Gasteiger partial charge in [0.1, 0.15) is 0 Å². The van der Waals surface area contributed by atoms with Crippen molar-refractivity contribution in [3.63, 3.8) is 0 Å². The zero-order valence-electron chi connectivity index (χ0n) is 11.8. The van der Waals surface area contributed by atoms with E-state index in [4.69, 9.17) is 14.6 Å². The van der Waals surface area contributed by atoms with Crippen LogP contribution in [0.1, 0.15) is 18.9 Å². The Hall–Kier alpha value is -1.46. The van der Waals surface area contributed by atoms with E-state index in [0.29, 0.717) is 24.0 Å². The van der Waals surface area contributed by atoms with Gasteiger partial charge in [-0.1, -0.05) is 6.92 Å². The molecule has 108 valence electrons. The molecule has 0 fully saturated rings. The van der Waals surface area contributed by atoms with Gasteiger partial charge in [-0.25, -0.2) is 0 Å². The van der Waals surface area contributed by atoms with Gasteiger partial charge in [0.05, 0.1) is 14.2 Å². The van der Waals surface area contributed by atoms with Crippen LogP contribution in [0.2, 0.25) is 0 Å². The Bertz CT molecular complexity index is 370. The molecule has 0 heterocycles. The van der Waals surface area contributed by atoms with Gasteiger partial charge in [-0.3, -0.25) is 0 Å². The molecule has 0 aliphatic carbocycles. The minimum Gasteiger partial charge on any atom is -0.502 e. The second-order valence-corrected chi connectivity index (χ2v) is 4.60. The van der Waals surface area contributed by atoms with Gasteiger partial charge in [0.25, 0.3) is 0 Å². The van der Waals surface area contributed by atoms with Crippen LogP contribution in [-0.2, 0) is 6.54 Å². The van der Waals surface area contributed by atoms with Crippen LogP contribution < -0.4 is 14.8 Å².